The van der Waals surface area contributed by atoms with E-state index in [1.807, 2.05) is 41.3 Å². The first-order valence-corrected chi connectivity index (χ1v) is 6.88. The molecule has 0 unspecified atom stereocenters. The molecular weight excluding hydrogens is 252 g/mol. The van der Waals surface area contributed by atoms with Gasteiger partial charge in [0.25, 0.3) is 5.91 Å². The van der Waals surface area contributed by atoms with Gasteiger partial charge in [0.05, 0.1) is 5.69 Å². The molecule has 104 valence electrons. The van der Waals surface area contributed by atoms with Gasteiger partial charge in [-0.1, -0.05) is 30.3 Å². The predicted octanol–water partition coefficient (Wildman–Crippen LogP) is 1.51. The molecule has 1 aromatic carbocycles. The first-order chi connectivity index (χ1) is 9.75. The second-order valence-corrected chi connectivity index (χ2v) is 5.08. The third kappa shape index (κ3) is 2.44. The Hall–Kier alpha value is -2.14. The van der Waals surface area contributed by atoms with Gasteiger partial charge in [0.15, 0.2) is 0 Å². The minimum absolute atomic E-state index is 0.0219. The van der Waals surface area contributed by atoms with Crippen molar-refractivity contribution in [1.29, 1.82) is 0 Å². The number of nitrogens with zero attached hydrogens (tertiary/aromatic N) is 2. The summed E-state index contributed by atoms with van der Waals surface area (Å²) in [6.07, 6.45) is 0. The largest absolute Gasteiger partial charge is 0.332 e. The van der Waals surface area contributed by atoms with Gasteiger partial charge in [0.2, 0.25) is 0 Å². The molecule has 1 saturated heterocycles. The number of aromatic nitrogens is 2. The summed E-state index contributed by atoms with van der Waals surface area (Å²) in [5, 5.41) is 10.4. The van der Waals surface area contributed by atoms with Gasteiger partial charge in [-0.2, -0.15) is 5.10 Å². The molecule has 2 heterocycles. The average Bonchev–Trinajstić information content (AvgIpc) is 2.98. The van der Waals surface area contributed by atoms with Crippen LogP contribution in [-0.4, -0.2) is 46.7 Å². The molecule has 20 heavy (non-hydrogen) atoms. The Kier molecular flexibility index (Phi) is 3.52. The molecule has 5 nitrogen and oxygen atoms in total. The molecule has 1 atom stereocenters. The smallest absolute Gasteiger partial charge is 0.272 e. The lowest BCUT2D eigenvalue weighted by Gasteiger charge is -2.33. The fourth-order valence-corrected chi connectivity index (χ4v) is 2.49. The van der Waals surface area contributed by atoms with E-state index < -0.39 is 0 Å². The molecule has 1 aliphatic heterocycles. The van der Waals surface area contributed by atoms with Crippen LogP contribution in [-0.2, 0) is 0 Å². The van der Waals surface area contributed by atoms with Gasteiger partial charge >= 0.3 is 0 Å². The van der Waals surface area contributed by atoms with Crippen LogP contribution < -0.4 is 5.32 Å². The van der Waals surface area contributed by atoms with Crippen molar-refractivity contribution in [3.63, 3.8) is 0 Å². The first kappa shape index (κ1) is 12.9. The number of amides is 1. The molecule has 2 N–H and O–H groups in total. The van der Waals surface area contributed by atoms with E-state index in [2.05, 4.69) is 22.4 Å². The van der Waals surface area contributed by atoms with Gasteiger partial charge in [-0.25, -0.2) is 0 Å². The number of hydrogen-bond donors (Lipinski definition) is 2. The van der Waals surface area contributed by atoms with E-state index in [9.17, 15) is 4.79 Å². The van der Waals surface area contributed by atoms with Gasteiger partial charge in [-0.05, 0) is 13.0 Å². The maximum Gasteiger partial charge on any atom is 0.272 e. The Morgan fingerprint density at radius 2 is 2.15 bits per heavy atom. The molecular formula is C15H18N4O. The van der Waals surface area contributed by atoms with E-state index in [0.717, 1.165) is 30.9 Å². The fraction of sp³-hybridized carbons (Fsp3) is 0.333. The number of hydrogen-bond acceptors (Lipinski definition) is 3. The van der Waals surface area contributed by atoms with E-state index in [1.54, 1.807) is 0 Å². The van der Waals surface area contributed by atoms with Crippen LogP contribution in [0.4, 0.5) is 0 Å². The molecule has 0 spiro atoms. The molecule has 0 bridgehead atoms. The summed E-state index contributed by atoms with van der Waals surface area (Å²) >= 11 is 0. The highest BCUT2D eigenvalue weighted by Crippen LogP contribution is 2.18. The molecule has 1 fully saturated rings. The van der Waals surface area contributed by atoms with E-state index in [-0.39, 0.29) is 11.9 Å². The van der Waals surface area contributed by atoms with Crippen molar-refractivity contribution < 1.29 is 4.79 Å². The predicted molar refractivity (Wildman–Crippen MR) is 77.4 cm³/mol. The zero-order valence-electron chi connectivity index (χ0n) is 11.5. The van der Waals surface area contributed by atoms with Gasteiger partial charge in [0, 0.05) is 31.2 Å². The summed E-state index contributed by atoms with van der Waals surface area (Å²) in [6, 6.07) is 11.9. The average molecular weight is 270 g/mol. The lowest BCUT2D eigenvalue weighted by Crippen LogP contribution is -2.52. The standard InChI is InChI=1S/C15H18N4O/c1-11-10-16-7-8-19(11)15(20)14-9-13(17-18-14)12-5-3-2-4-6-12/h2-6,9,11,16H,7-8,10H2,1H3,(H,17,18)/t11-/m0/s1. The fourth-order valence-electron chi connectivity index (χ4n) is 2.49. The molecule has 0 aliphatic carbocycles. The van der Waals surface area contributed by atoms with Crippen LogP contribution in [0.15, 0.2) is 36.4 Å². The van der Waals surface area contributed by atoms with Crippen molar-refractivity contribution in [2.45, 2.75) is 13.0 Å². The third-order valence-corrected chi connectivity index (χ3v) is 3.64. The van der Waals surface area contributed by atoms with Gasteiger partial charge in [-0.15, -0.1) is 0 Å². The van der Waals surface area contributed by atoms with Crippen LogP contribution in [0.2, 0.25) is 0 Å². The van der Waals surface area contributed by atoms with Crippen molar-refractivity contribution >= 4 is 5.91 Å². The Balaban J connectivity index is 1.81. The van der Waals surface area contributed by atoms with Crippen molar-refractivity contribution in [3.8, 4) is 11.3 Å². The van der Waals surface area contributed by atoms with E-state index in [0.29, 0.717) is 5.69 Å². The Labute approximate surface area is 118 Å². The molecule has 0 radical (unpaired) electrons. The van der Waals surface area contributed by atoms with Crippen LogP contribution in [0.25, 0.3) is 11.3 Å². The third-order valence-electron chi connectivity index (χ3n) is 3.64. The summed E-state index contributed by atoms with van der Waals surface area (Å²) in [6.45, 7) is 4.47. The summed E-state index contributed by atoms with van der Waals surface area (Å²) < 4.78 is 0. The summed E-state index contributed by atoms with van der Waals surface area (Å²) in [5.41, 5.74) is 2.37. The van der Waals surface area contributed by atoms with Gasteiger partial charge in [-0.3, -0.25) is 9.89 Å². The van der Waals surface area contributed by atoms with Crippen molar-refractivity contribution in [2.75, 3.05) is 19.6 Å². The summed E-state index contributed by atoms with van der Waals surface area (Å²) in [4.78, 5) is 14.4. The Morgan fingerprint density at radius 3 is 2.90 bits per heavy atom. The van der Waals surface area contributed by atoms with Crippen LogP contribution >= 0.6 is 0 Å². The van der Waals surface area contributed by atoms with Gasteiger partial charge in [0.1, 0.15) is 5.69 Å². The number of rotatable bonds is 2. The van der Waals surface area contributed by atoms with Crippen molar-refractivity contribution in [1.82, 2.24) is 20.4 Å². The van der Waals surface area contributed by atoms with E-state index in [4.69, 9.17) is 0 Å². The zero-order valence-corrected chi connectivity index (χ0v) is 11.5. The summed E-state index contributed by atoms with van der Waals surface area (Å²) in [7, 11) is 0. The van der Waals surface area contributed by atoms with Crippen LogP contribution in [0.5, 0.6) is 0 Å². The number of aromatic amines is 1. The van der Waals surface area contributed by atoms with E-state index >= 15 is 0 Å². The molecule has 5 heteroatoms. The Bertz CT molecular complexity index is 593. The number of carbonyl (C=O) groups excluding carboxylic acids is 1. The Morgan fingerprint density at radius 1 is 1.35 bits per heavy atom. The normalized spacial score (nSPS) is 19.1. The SMILES string of the molecule is C[C@H]1CNCCN1C(=O)c1cc(-c2ccccc2)n[nH]1. The molecule has 3 rings (SSSR count). The highest BCUT2D eigenvalue weighted by molar-refractivity contribution is 5.93. The first-order valence-electron chi connectivity index (χ1n) is 6.88. The monoisotopic (exact) mass is 270 g/mol. The number of H-pyrrole nitrogens is 1. The van der Waals surface area contributed by atoms with Gasteiger partial charge < -0.3 is 10.2 Å². The van der Waals surface area contributed by atoms with Crippen LogP contribution in [0, 0.1) is 0 Å². The second-order valence-electron chi connectivity index (χ2n) is 5.08. The van der Waals surface area contributed by atoms with Crippen LogP contribution in [0.1, 0.15) is 17.4 Å². The molecule has 1 aromatic heterocycles. The molecule has 1 amide bonds. The molecule has 2 aromatic rings. The maximum atomic E-state index is 12.5. The van der Waals surface area contributed by atoms with E-state index in [1.165, 1.54) is 0 Å². The number of benzene rings is 1. The highest BCUT2D eigenvalue weighted by Gasteiger charge is 2.25. The molecule has 1 aliphatic rings. The molecule has 0 saturated carbocycles. The summed E-state index contributed by atoms with van der Waals surface area (Å²) in [5.74, 6) is 0.0219. The number of piperazine rings is 1. The van der Waals surface area contributed by atoms with Crippen LogP contribution in [0.3, 0.4) is 0 Å². The van der Waals surface area contributed by atoms with Crippen molar-refractivity contribution in [2.24, 2.45) is 0 Å². The topological polar surface area (TPSA) is 61.0 Å². The lowest BCUT2D eigenvalue weighted by atomic mass is 10.1. The zero-order chi connectivity index (χ0) is 13.9. The highest BCUT2D eigenvalue weighted by atomic mass is 16.2. The maximum absolute atomic E-state index is 12.5. The van der Waals surface area contributed by atoms with Crippen molar-refractivity contribution in [3.05, 3.63) is 42.1 Å². The lowest BCUT2D eigenvalue weighted by molar-refractivity contribution is 0.0649. The number of carbonyl (C=O) groups is 1. The minimum Gasteiger partial charge on any atom is -0.332 e. The second kappa shape index (κ2) is 5.46. The number of nitrogens with one attached hydrogen (secondary N) is 2. The minimum atomic E-state index is 0.0219. The quantitative estimate of drug-likeness (QED) is 0.869.